The van der Waals surface area contributed by atoms with E-state index in [2.05, 4.69) is 34.6 Å². The van der Waals surface area contributed by atoms with Crippen molar-refractivity contribution in [2.24, 2.45) is 5.92 Å². The molecule has 0 aliphatic carbocycles. The number of esters is 4. The molecule has 0 radical (unpaired) electrons. The Morgan fingerprint density at radius 3 is 0.772 bits per heavy atom. The summed E-state index contributed by atoms with van der Waals surface area (Å²) in [6.07, 6.45) is 54.0. The second-order valence-electron chi connectivity index (χ2n) is 26.6. The van der Waals surface area contributed by atoms with Crippen molar-refractivity contribution in [1.29, 1.82) is 0 Å². The molecule has 3 unspecified atom stereocenters. The van der Waals surface area contributed by atoms with Gasteiger partial charge in [-0.25, -0.2) is 9.13 Å². The fraction of sp³-hybridized carbons (Fsp3) is 0.945. The minimum absolute atomic E-state index is 0.107. The van der Waals surface area contributed by atoms with Crippen LogP contribution in [0, 0.1) is 5.92 Å². The number of hydrogen-bond donors (Lipinski definition) is 3. The van der Waals surface area contributed by atoms with Crippen LogP contribution in [0.25, 0.3) is 0 Å². The van der Waals surface area contributed by atoms with Crippen LogP contribution in [0.5, 0.6) is 0 Å². The molecule has 546 valence electrons. The fourth-order valence-corrected chi connectivity index (χ4v) is 12.7. The van der Waals surface area contributed by atoms with Gasteiger partial charge >= 0.3 is 39.5 Å². The molecule has 0 saturated heterocycles. The Morgan fingerprint density at radius 1 is 0.304 bits per heavy atom. The van der Waals surface area contributed by atoms with Crippen molar-refractivity contribution >= 4 is 39.5 Å². The van der Waals surface area contributed by atoms with E-state index in [1.165, 1.54) is 199 Å². The highest BCUT2D eigenvalue weighted by atomic mass is 31.2. The quantitative estimate of drug-likeness (QED) is 0.0222. The van der Waals surface area contributed by atoms with Crippen LogP contribution in [0.1, 0.15) is 381 Å². The van der Waals surface area contributed by atoms with Gasteiger partial charge in [-0.05, 0) is 31.6 Å². The third-order valence-electron chi connectivity index (χ3n) is 17.4. The predicted molar refractivity (Wildman–Crippen MR) is 372 cm³/mol. The van der Waals surface area contributed by atoms with E-state index >= 15 is 0 Å². The molecule has 17 nitrogen and oxygen atoms in total. The van der Waals surface area contributed by atoms with Crippen LogP contribution in [0.3, 0.4) is 0 Å². The number of phosphoric ester groups is 2. The number of carbonyl (C=O) groups excluding carboxylic acids is 4. The lowest BCUT2D eigenvalue weighted by Gasteiger charge is -2.21. The van der Waals surface area contributed by atoms with Gasteiger partial charge < -0.3 is 33.8 Å². The summed E-state index contributed by atoms with van der Waals surface area (Å²) in [6, 6.07) is 0. The highest BCUT2D eigenvalue weighted by Crippen LogP contribution is 2.45. The fourth-order valence-electron chi connectivity index (χ4n) is 11.1. The maximum absolute atomic E-state index is 13.1. The first-order valence-corrected chi connectivity index (χ1v) is 41.2. The first-order valence-electron chi connectivity index (χ1n) is 38.2. The molecule has 0 aromatic heterocycles. The number of aliphatic hydroxyl groups is 1. The molecule has 0 aromatic rings. The Balaban J connectivity index is 5.24. The van der Waals surface area contributed by atoms with E-state index in [4.69, 9.17) is 37.0 Å². The van der Waals surface area contributed by atoms with Crippen molar-refractivity contribution < 1.29 is 80.2 Å². The molecule has 0 amide bonds. The molecule has 0 spiro atoms. The second-order valence-corrected chi connectivity index (χ2v) is 29.5. The van der Waals surface area contributed by atoms with Gasteiger partial charge in [-0.2, -0.15) is 0 Å². The molecule has 0 aliphatic heterocycles. The number of hydrogen-bond acceptors (Lipinski definition) is 15. The minimum atomic E-state index is -4.95. The van der Waals surface area contributed by atoms with Crippen molar-refractivity contribution in [3.63, 3.8) is 0 Å². The zero-order valence-electron chi connectivity index (χ0n) is 59.7. The Labute approximate surface area is 562 Å². The molecular weight excluding hydrogens is 1210 g/mol. The summed E-state index contributed by atoms with van der Waals surface area (Å²) in [5.41, 5.74) is 0. The summed E-state index contributed by atoms with van der Waals surface area (Å²) in [7, 11) is -9.90. The van der Waals surface area contributed by atoms with Crippen molar-refractivity contribution in [2.75, 3.05) is 39.6 Å². The van der Waals surface area contributed by atoms with Gasteiger partial charge in [-0.1, -0.05) is 330 Å². The SMILES string of the molecule is CCCCCCCCCCCCCCCCCCCC(=O)O[C@H](COC(=O)CCCCCCCCCCCCCCC)COP(=O)(O)OC[C@@H](O)COP(=O)(O)OC[C@@H](COC(=O)CCCCCCCCC(C)CC)OC(=O)CCCCCCCCCCCCCC. The van der Waals surface area contributed by atoms with E-state index in [1.54, 1.807) is 0 Å². The van der Waals surface area contributed by atoms with Crippen LogP contribution >= 0.6 is 15.6 Å². The summed E-state index contributed by atoms with van der Waals surface area (Å²) in [5.74, 6) is -1.39. The number of aliphatic hydroxyl groups excluding tert-OH is 1. The third-order valence-corrected chi connectivity index (χ3v) is 19.3. The van der Waals surface area contributed by atoms with Gasteiger partial charge in [-0.3, -0.25) is 37.3 Å². The van der Waals surface area contributed by atoms with E-state index in [0.717, 1.165) is 102 Å². The van der Waals surface area contributed by atoms with Crippen molar-refractivity contribution in [1.82, 2.24) is 0 Å². The summed E-state index contributed by atoms with van der Waals surface area (Å²) in [6.45, 7) is 7.24. The monoisotopic (exact) mass is 1350 g/mol. The van der Waals surface area contributed by atoms with Crippen LogP contribution in [-0.4, -0.2) is 96.7 Å². The molecule has 0 aromatic carbocycles. The van der Waals surface area contributed by atoms with E-state index < -0.39 is 97.5 Å². The molecule has 0 saturated carbocycles. The molecule has 19 heteroatoms. The molecular formula is C73H142O17P2. The predicted octanol–water partition coefficient (Wildman–Crippen LogP) is 21.3. The lowest BCUT2D eigenvalue weighted by atomic mass is 10.00. The number of carbonyl (C=O) groups is 4. The average molecular weight is 1350 g/mol. The number of ether oxygens (including phenoxy) is 4. The van der Waals surface area contributed by atoms with Crippen molar-refractivity contribution in [2.45, 2.75) is 400 Å². The van der Waals surface area contributed by atoms with Crippen LogP contribution in [-0.2, 0) is 65.4 Å². The standard InChI is InChI=1S/C73H142O17P2/c1-6-10-13-16-19-22-25-28-29-30-31-33-36-39-42-49-54-59-73(78)89-68(62-83-70(75)56-51-46-40-37-35-32-26-23-20-17-14-11-7-2)64-87-91(79,80)85-60-67(74)61-86-92(81,82)88-65-69(63-84-71(76)57-52-47-44-43-45-50-55-66(5)9-4)90-72(77)58-53-48-41-38-34-27-24-21-18-15-12-8-3/h66-69,74H,6-65H2,1-5H3,(H,79,80)(H,81,82)/t66?,67-,68-,69-/m1/s1. The van der Waals surface area contributed by atoms with Crippen LogP contribution in [0.15, 0.2) is 0 Å². The van der Waals surface area contributed by atoms with E-state index in [1.807, 2.05) is 0 Å². The molecule has 6 atom stereocenters. The second kappa shape index (κ2) is 66.3. The summed E-state index contributed by atoms with van der Waals surface area (Å²) in [5, 5.41) is 10.6. The Bertz CT molecular complexity index is 1770. The molecule has 0 fully saturated rings. The van der Waals surface area contributed by atoms with Gasteiger partial charge in [0.2, 0.25) is 0 Å². The first kappa shape index (κ1) is 90.1. The normalized spacial score (nSPS) is 14.3. The van der Waals surface area contributed by atoms with Gasteiger partial charge in [0.1, 0.15) is 19.3 Å². The average Bonchev–Trinajstić information content (AvgIpc) is 1.80. The molecule has 3 N–H and O–H groups in total. The van der Waals surface area contributed by atoms with Crippen LogP contribution < -0.4 is 0 Å². The molecule has 0 rings (SSSR count). The van der Waals surface area contributed by atoms with E-state index in [0.29, 0.717) is 25.7 Å². The van der Waals surface area contributed by atoms with E-state index in [9.17, 15) is 43.2 Å². The minimum Gasteiger partial charge on any atom is -0.462 e. The van der Waals surface area contributed by atoms with E-state index in [-0.39, 0.29) is 25.7 Å². The molecule has 0 aliphatic rings. The molecule has 92 heavy (non-hydrogen) atoms. The maximum atomic E-state index is 13.1. The van der Waals surface area contributed by atoms with Gasteiger partial charge in [-0.15, -0.1) is 0 Å². The van der Waals surface area contributed by atoms with Crippen LogP contribution in [0.4, 0.5) is 0 Å². The van der Waals surface area contributed by atoms with Gasteiger partial charge in [0.25, 0.3) is 0 Å². The Kier molecular flexibility index (Phi) is 64.9. The summed E-state index contributed by atoms with van der Waals surface area (Å²) < 4.78 is 68.4. The maximum Gasteiger partial charge on any atom is 0.472 e. The highest BCUT2D eigenvalue weighted by Gasteiger charge is 2.30. The topological polar surface area (TPSA) is 237 Å². The largest absolute Gasteiger partial charge is 0.472 e. The van der Waals surface area contributed by atoms with Crippen LogP contribution in [0.2, 0.25) is 0 Å². The summed E-state index contributed by atoms with van der Waals surface area (Å²) in [4.78, 5) is 72.7. The van der Waals surface area contributed by atoms with Gasteiger partial charge in [0, 0.05) is 25.7 Å². The van der Waals surface area contributed by atoms with Gasteiger partial charge in [0.05, 0.1) is 26.4 Å². The zero-order chi connectivity index (χ0) is 67.7. The Hall–Kier alpha value is -1.94. The highest BCUT2D eigenvalue weighted by molar-refractivity contribution is 7.47. The van der Waals surface area contributed by atoms with Crippen molar-refractivity contribution in [3.05, 3.63) is 0 Å². The number of rotatable bonds is 73. The smallest absolute Gasteiger partial charge is 0.462 e. The van der Waals surface area contributed by atoms with Crippen molar-refractivity contribution in [3.8, 4) is 0 Å². The zero-order valence-corrected chi connectivity index (χ0v) is 61.5. The lowest BCUT2D eigenvalue weighted by Crippen LogP contribution is -2.30. The molecule has 0 heterocycles. The Morgan fingerprint density at radius 2 is 0.522 bits per heavy atom. The lowest BCUT2D eigenvalue weighted by molar-refractivity contribution is -0.161. The third kappa shape index (κ3) is 65.4. The van der Waals surface area contributed by atoms with Gasteiger partial charge in [0.15, 0.2) is 12.2 Å². The molecule has 0 bridgehead atoms. The number of unbranched alkanes of at least 4 members (excludes halogenated alkanes) is 44. The first-order chi connectivity index (χ1) is 44.6. The summed E-state index contributed by atoms with van der Waals surface area (Å²) >= 11 is 0. The number of phosphoric acid groups is 2.